The third-order valence-corrected chi connectivity index (χ3v) is 7.76. The van der Waals surface area contributed by atoms with Crippen molar-refractivity contribution < 1.29 is 9.53 Å². The minimum atomic E-state index is -0.0715. The lowest BCUT2D eigenvalue weighted by Crippen LogP contribution is -2.49. The number of hydrogen-bond donors (Lipinski definition) is 1. The molecular weight excluding hydrogens is 392 g/mol. The van der Waals surface area contributed by atoms with Gasteiger partial charge in [-0.1, -0.05) is 6.07 Å². The molecule has 6 nitrogen and oxygen atoms in total. The summed E-state index contributed by atoms with van der Waals surface area (Å²) in [6, 6.07) is 5.66. The second kappa shape index (κ2) is 7.42. The van der Waals surface area contributed by atoms with E-state index in [4.69, 9.17) is 4.74 Å². The minimum absolute atomic E-state index is 0.0715. The third-order valence-electron chi connectivity index (χ3n) is 5.83. The summed E-state index contributed by atoms with van der Waals surface area (Å²) >= 11 is 3.17. The first-order valence-corrected chi connectivity index (χ1v) is 11.3. The summed E-state index contributed by atoms with van der Waals surface area (Å²) in [6.45, 7) is 1.04. The van der Waals surface area contributed by atoms with Crippen LogP contribution < -0.4 is 10.1 Å². The number of methoxy groups -OCH3 is 1. The molecule has 28 heavy (non-hydrogen) atoms. The summed E-state index contributed by atoms with van der Waals surface area (Å²) in [5.41, 5.74) is 0.658. The maximum atomic E-state index is 13.0. The van der Waals surface area contributed by atoms with E-state index in [0.717, 1.165) is 24.2 Å². The second-order valence-electron chi connectivity index (χ2n) is 7.45. The summed E-state index contributed by atoms with van der Waals surface area (Å²) in [5, 5.41) is 5.41. The largest absolute Gasteiger partial charge is 0.493 e. The molecule has 2 bridgehead atoms. The maximum Gasteiger partial charge on any atom is 0.265 e. The van der Waals surface area contributed by atoms with Gasteiger partial charge < -0.3 is 10.1 Å². The van der Waals surface area contributed by atoms with Gasteiger partial charge in [0.15, 0.2) is 5.75 Å². The minimum Gasteiger partial charge on any atom is -0.493 e. The van der Waals surface area contributed by atoms with Crippen LogP contribution in [0.2, 0.25) is 0 Å². The molecule has 2 atom stereocenters. The highest BCUT2D eigenvalue weighted by atomic mass is 32.1. The van der Waals surface area contributed by atoms with Crippen molar-refractivity contribution in [1.29, 1.82) is 0 Å². The SMILES string of the molecule is COc1c(C(=O)NC2CC3CCC(C2)N3Cc2cccs2)sc2nccnc12. The van der Waals surface area contributed by atoms with Crippen LogP contribution in [-0.2, 0) is 6.54 Å². The number of nitrogens with one attached hydrogen (secondary N) is 1. The molecule has 8 heteroatoms. The fourth-order valence-corrected chi connectivity index (χ4v) is 6.31. The molecule has 5 rings (SSSR count). The van der Waals surface area contributed by atoms with Crippen molar-refractivity contribution in [3.05, 3.63) is 39.7 Å². The van der Waals surface area contributed by atoms with E-state index in [0.29, 0.717) is 28.2 Å². The third kappa shape index (κ3) is 3.19. The van der Waals surface area contributed by atoms with E-state index < -0.39 is 0 Å². The lowest BCUT2D eigenvalue weighted by atomic mass is 9.97. The Hall–Kier alpha value is -2.03. The summed E-state index contributed by atoms with van der Waals surface area (Å²) < 4.78 is 5.48. The highest BCUT2D eigenvalue weighted by Gasteiger charge is 2.41. The van der Waals surface area contributed by atoms with Crippen molar-refractivity contribution in [3.63, 3.8) is 0 Å². The Morgan fingerprint density at radius 2 is 2.07 bits per heavy atom. The molecule has 2 fully saturated rings. The summed E-state index contributed by atoms with van der Waals surface area (Å²) in [7, 11) is 1.58. The molecular formula is C20H22N4O2S2. The van der Waals surface area contributed by atoms with E-state index >= 15 is 0 Å². The predicted molar refractivity (Wildman–Crippen MR) is 111 cm³/mol. The van der Waals surface area contributed by atoms with Gasteiger partial charge in [-0.25, -0.2) is 9.97 Å². The molecule has 1 N–H and O–H groups in total. The highest BCUT2D eigenvalue weighted by Crippen LogP contribution is 2.38. The number of amides is 1. The van der Waals surface area contributed by atoms with E-state index in [1.165, 1.54) is 29.1 Å². The molecule has 0 radical (unpaired) electrons. The molecule has 5 heterocycles. The van der Waals surface area contributed by atoms with Crippen LogP contribution >= 0.6 is 22.7 Å². The van der Waals surface area contributed by atoms with Crippen molar-refractivity contribution in [2.75, 3.05) is 7.11 Å². The zero-order valence-corrected chi connectivity index (χ0v) is 17.3. The van der Waals surface area contributed by atoms with E-state index in [9.17, 15) is 4.79 Å². The number of hydrogen-bond acceptors (Lipinski definition) is 7. The number of ether oxygens (including phenoxy) is 1. The number of carbonyl (C=O) groups excluding carboxylic acids is 1. The summed E-state index contributed by atoms with van der Waals surface area (Å²) in [6.07, 6.45) is 7.74. The van der Waals surface area contributed by atoms with E-state index in [2.05, 4.69) is 37.7 Å². The van der Waals surface area contributed by atoms with Crippen molar-refractivity contribution in [1.82, 2.24) is 20.2 Å². The summed E-state index contributed by atoms with van der Waals surface area (Å²) in [4.78, 5) is 27.0. The Morgan fingerprint density at radius 3 is 2.79 bits per heavy atom. The quantitative estimate of drug-likeness (QED) is 0.690. The standard InChI is InChI=1S/C20H22N4O2S2/c1-26-17-16-20(22-7-6-21-16)28-18(17)19(25)23-12-9-13-4-5-14(10-12)24(13)11-15-3-2-8-27-15/h2-3,6-8,12-14H,4-5,9-11H2,1H3,(H,23,25). The molecule has 0 saturated carbocycles. The average Bonchev–Trinajstić information content (AvgIpc) is 3.39. The van der Waals surface area contributed by atoms with Gasteiger partial charge in [-0.05, 0) is 37.1 Å². The molecule has 0 spiro atoms. The molecule has 1 amide bonds. The van der Waals surface area contributed by atoms with Gasteiger partial charge in [-0.2, -0.15) is 0 Å². The molecule has 0 aliphatic carbocycles. The molecule has 3 aromatic heterocycles. The zero-order chi connectivity index (χ0) is 19.1. The van der Waals surface area contributed by atoms with Crippen LogP contribution in [0.25, 0.3) is 10.3 Å². The van der Waals surface area contributed by atoms with Crippen molar-refractivity contribution in [3.8, 4) is 5.75 Å². The molecule has 146 valence electrons. The van der Waals surface area contributed by atoms with Crippen molar-refractivity contribution in [2.24, 2.45) is 0 Å². The van der Waals surface area contributed by atoms with Crippen molar-refractivity contribution in [2.45, 2.75) is 50.4 Å². The van der Waals surface area contributed by atoms with Crippen LogP contribution in [0.1, 0.15) is 40.2 Å². The van der Waals surface area contributed by atoms with Gasteiger partial charge in [0.2, 0.25) is 0 Å². The molecule has 2 saturated heterocycles. The fraction of sp³-hybridized carbons (Fsp3) is 0.450. The smallest absolute Gasteiger partial charge is 0.265 e. The Kier molecular flexibility index (Phi) is 4.78. The summed E-state index contributed by atoms with van der Waals surface area (Å²) in [5.74, 6) is 0.460. The average molecular weight is 415 g/mol. The zero-order valence-electron chi connectivity index (χ0n) is 15.6. The van der Waals surface area contributed by atoms with Crippen LogP contribution in [0, 0.1) is 0 Å². The Morgan fingerprint density at radius 1 is 1.29 bits per heavy atom. The Bertz CT molecular complexity index is 973. The number of nitrogens with zero attached hydrogens (tertiary/aromatic N) is 3. The molecule has 2 aliphatic heterocycles. The number of aromatic nitrogens is 2. The van der Waals surface area contributed by atoms with Crippen LogP contribution in [0.4, 0.5) is 0 Å². The Balaban J connectivity index is 1.30. The van der Waals surface area contributed by atoms with E-state index in [1.807, 2.05) is 11.3 Å². The van der Waals surface area contributed by atoms with Crippen molar-refractivity contribution >= 4 is 38.9 Å². The lowest BCUT2D eigenvalue weighted by molar-refractivity contribution is 0.0832. The predicted octanol–water partition coefficient (Wildman–Crippen LogP) is 3.69. The van der Waals surface area contributed by atoms with Gasteiger partial charge in [0.25, 0.3) is 5.91 Å². The first-order chi connectivity index (χ1) is 13.7. The number of piperidine rings is 1. The van der Waals surface area contributed by atoms with Gasteiger partial charge in [-0.3, -0.25) is 9.69 Å². The van der Waals surface area contributed by atoms with Gasteiger partial charge in [0.1, 0.15) is 15.2 Å². The molecule has 3 aromatic rings. The topological polar surface area (TPSA) is 67.3 Å². The van der Waals surface area contributed by atoms with E-state index in [1.54, 1.807) is 19.5 Å². The van der Waals surface area contributed by atoms with Crippen LogP contribution in [0.3, 0.4) is 0 Å². The Labute approximate surface area is 171 Å². The van der Waals surface area contributed by atoms with E-state index in [-0.39, 0.29) is 11.9 Å². The first kappa shape index (κ1) is 18.0. The van der Waals surface area contributed by atoms with Gasteiger partial charge in [0.05, 0.1) is 7.11 Å². The maximum absolute atomic E-state index is 13.0. The molecule has 2 unspecified atom stereocenters. The number of rotatable bonds is 5. The van der Waals surface area contributed by atoms with Gasteiger partial charge in [-0.15, -0.1) is 22.7 Å². The normalized spacial score (nSPS) is 24.5. The first-order valence-electron chi connectivity index (χ1n) is 9.59. The van der Waals surface area contributed by atoms with Crippen LogP contribution in [-0.4, -0.2) is 46.0 Å². The molecule has 2 aliphatic rings. The highest BCUT2D eigenvalue weighted by molar-refractivity contribution is 7.20. The number of fused-ring (bicyclic) bond motifs is 3. The van der Waals surface area contributed by atoms with Gasteiger partial charge in [0, 0.05) is 41.9 Å². The number of thiophene rings is 2. The van der Waals surface area contributed by atoms with Crippen LogP contribution in [0.15, 0.2) is 29.9 Å². The van der Waals surface area contributed by atoms with Gasteiger partial charge >= 0.3 is 0 Å². The lowest BCUT2D eigenvalue weighted by Gasteiger charge is -2.39. The number of carbonyl (C=O) groups is 1. The monoisotopic (exact) mass is 414 g/mol. The fourth-order valence-electron chi connectivity index (χ4n) is 4.63. The van der Waals surface area contributed by atoms with Crippen LogP contribution in [0.5, 0.6) is 5.75 Å². The second-order valence-corrected chi connectivity index (χ2v) is 9.48. The molecule has 0 aromatic carbocycles.